The van der Waals surface area contributed by atoms with Gasteiger partial charge >= 0.3 is 0 Å². The molecule has 25 heavy (non-hydrogen) atoms. The van der Waals surface area contributed by atoms with Crippen molar-refractivity contribution >= 4 is 22.5 Å². The third-order valence-corrected chi connectivity index (χ3v) is 4.30. The number of benzene rings is 1. The molecule has 0 fully saturated rings. The van der Waals surface area contributed by atoms with Gasteiger partial charge in [-0.3, -0.25) is 9.59 Å². The second-order valence-electron chi connectivity index (χ2n) is 5.99. The highest BCUT2D eigenvalue weighted by molar-refractivity contribution is 6.10. The number of hydrogen-bond acceptors (Lipinski definition) is 4. The van der Waals surface area contributed by atoms with Gasteiger partial charge in [0.1, 0.15) is 5.82 Å². The molecule has 0 unspecified atom stereocenters. The Morgan fingerprint density at radius 3 is 2.60 bits per heavy atom. The summed E-state index contributed by atoms with van der Waals surface area (Å²) in [4.78, 5) is 24.6. The predicted molar refractivity (Wildman–Crippen MR) is 96.9 cm³/mol. The summed E-state index contributed by atoms with van der Waals surface area (Å²) < 4.78 is 1.85. The average Bonchev–Trinajstić information content (AvgIpc) is 2.96. The van der Waals surface area contributed by atoms with E-state index in [1.807, 2.05) is 17.7 Å². The number of aromatic nitrogens is 4. The molecule has 0 aliphatic carbocycles. The lowest BCUT2D eigenvalue weighted by molar-refractivity contribution is 0.102. The molecule has 0 saturated heterocycles. The number of rotatable bonds is 5. The van der Waals surface area contributed by atoms with Crippen LogP contribution >= 0.6 is 0 Å². The van der Waals surface area contributed by atoms with Crippen molar-refractivity contribution in [1.29, 1.82) is 0 Å². The van der Waals surface area contributed by atoms with Gasteiger partial charge in [0.15, 0.2) is 5.69 Å². The Kier molecular flexibility index (Phi) is 4.65. The zero-order valence-electron chi connectivity index (χ0n) is 14.5. The molecule has 0 saturated carbocycles. The molecule has 1 aromatic carbocycles. The highest BCUT2D eigenvalue weighted by Crippen LogP contribution is 2.23. The van der Waals surface area contributed by atoms with Crippen LogP contribution < -0.4 is 10.9 Å². The maximum atomic E-state index is 12.8. The van der Waals surface area contributed by atoms with Crippen LogP contribution in [0.3, 0.4) is 0 Å². The molecule has 3 rings (SSSR count). The Balaban J connectivity index is 1.99. The Labute approximate surface area is 145 Å². The normalized spacial score (nSPS) is 11.2. The fourth-order valence-corrected chi connectivity index (χ4v) is 2.99. The predicted octanol–water partition coefficient (Wildman–Crippen LogP) is 3.04. The van der Waals surface area contributed by atoms with E-state index in [2.05, 4.69) is 34.5 Å². The van der Waals surface area contributed by atoms with Crippen molar-refractivity contribution in [2.24, 2.45) is 0 Å². The highest BCUT2D eigenvalue weighted by Gasteiger charge is 2.19. The SMILES string of the molecule is CCC(CC)n1nc(C)cc1NC(=O)c1n[nH]c(=O)c2ccccc12. The lowest BCUT2D eigenvalue weighted by Gasteiger charge is -2.17. The van der Waals surface area contributed by atoms with E-state index >= 15 is 0 Å². The van der Waals surface area contributed by atoms with Gasteiger partial charge in [0, 0.05) is 11.5 Å². The van der Waals surface area contributed by atoms with E-state index in [0.29, 0.717) is 16.6 Å². The molecule has 130 valence electrons. The molecule has 2 heterocycles. The first-order valence-corrected chi connectivity index (χ1v) is 8.40. The fourth-order valence-electron chi connectivity index (χ4n) is 2.99. The van der Waals surface area contributed by atoms with Crippen LogP contribution in [0.1, 0.15) is 48.9 Å². The number of nitrogens with one attached hydrogen (secondary N) is 2. The lowest BCUT2D eigenvalue weighted by Crippen LogP contribution is -2.22. The number of H-pyrrole nitrogens is 1. The summed E-state index contributed by atoms with van der Waals surface area (Å²) in [7, 11) is 0. The quantitative estimate of drug-likeness (QED) is 0.747. The minimum atomic E-state index is -0.375. The summed E-state index contributed by atoms with van der Waals surface area (Å²) in [5.74, 6) is 0.257. The van der Waals surface area contributed by atoms with Gasteiger partial charge in [-0.05, 0) is 25.8 Å². The number of nitrogens with zero attached hydrogens (tertiary/aromatic N) is 3. The smallest absolute Gasteiger partial charge is 0.277 e. The van der Waals surface area contributed by atoms with Crippen molar-refractivity contribution in [3.05, 3.63) is 52.1 Å². The molecule has 2 N–H and O–H groups in total. The zero-order valence-corrected chi connectivity index (χ0v) is 14.5. The molecule has 2 aromatic heterocycles. The van der Waals surface area contributed by atoms with Crippen molar-refractivity contribution in [1.82, 2.24) is 20.0 Å². The minimum absolute atomic E-state index is 0.185. The molecule has 7 heteroatoms. The van der Waals surface area contributed by atoms with Gasteiger partial charge in [-0.15, -0.1) is 0 Å². The molecule has 0 aliphatic rings. The molecule has 0 atom stereocenters. The zero-order chi connectivity index (χ0) is 18.0. The van der Waals surface area contributed by atoms with E-state index in [1.54, 1.807) is 24.3 Å². The third-order valence-electron chi connectivity index (χ3n) is 4.30. The van der Waals surface area contributed by atoms with Crippen molar-refractivity contribution in [2.45, 2.75) is 39.7 Å². The van der Waals surface area contributed by atoms with Crippen LogP contribution in [0, 0.1) is 6.92 Å². The van der Waals surface area contributed by atoms with E-state index in [-0.39, 0.29) is 23.2 Å². The van der Waals surface area contributed by atoms with Crippen molar-refractivity contribution in [3.63, 3.8) is 0 Å². The minimum Gasteiger partial charge on any atom is -0.305 e. The number of hydrogen-bond donors (Lipinski definition) is 2. The fraction of sp³-hybridized carbons (Fsp3) is 0.333. The topological polar surface area (TPSA) is 92.7 Å². The van der Waals surface area contributed by atoms with Crippen LogP contribution in [0.4, 0.5) is 5.82 Å². The summed E-state index contributed by atoms with van der Waals surface area (Å²) in [6.07, 6.45) is 1.83. The molecule has 7 nitrogen and oxygen atoms in total. The second kappa shape index (κ2) is 6.88. The van der Waals surface area contributed by atoms with E-state index in [4.69, 9.17) is 0 Å². The number of anilines is 1. The highest BCUT2D eigenvalue weighted by atomic mass is 16.2. The van der Waals surface area contributed by atoms with Crippen LogP contribution in [0.15, 0.2) is 35.1 Å². The average molecular weight is 339 g/mol. The summed E-state index contributed by atoms with van der Waals surface area (Å²) in [5.41, 5.74) is 0.705. The van der Waals surface area contributed by atoms with Crippen LogP contribution in [0.2, 0.25) is 0 Å². The van der Waals surface area contributed by atoms with Crippen LogP contribution in [-0.4, -0.2) is 25.9 Å². The summed E-state index contributed by atoms with van der Waals surface area (Å²) in [5, 5.41) is 14.7. The first-order chi connectivity index (χ1) is 12.0. The first-order valence-electron chi connectivity index (χ1n) is 8.40. The molecule has 0 aliphatic heterocycles. The van der Waals surface area contributed by atoms with Crippen LogP contribution in [0.5, 0.6) is 0 Å². The maximum Gasteiger partial charge on any atom is 0.277 e. The van der Waals surface area contributed by atoms with E-state index in [1.165, 1.54) is 0 Å². The maximum absolute atomic E-state index is 12.8. The molecular formula is C18H21N5O2. The van der Waals surface area contributed by atoms with Gasteiger partial charge in [0.2, 0.25) is 0 Å². The van der Waals surface area contributed by atoms with E-state index < -0.39 is 0 Å². The number of fused-ring (bicyclic) bond motifs is 1. The summed E-state index contributed by atoms with van der Waals surface area (Å²) >= 11 is 0. The largest absolute Gasteiger partial charge is 0.305 e. The molecule has 0 radical (unpaired) electrons. The number of carbonyl (C=O) groups is 1. The standard InChI is InChI=1S/C18H21N5O2/c1-4-12(5-2)23-15(10-11(3)22-23)19-18(25)16-13-8-6-7-9-14(13)17(24)21-20-16/h6-10,12H,4-5H2,1-3H3,(H,19,25)(H,21,24). The Bertz CT molecular complexity index is 969. The molecule has 0 bridgehead atoms. The molecular weight excluding hydrogens is 318 g/mol. The number of carbonyl (C=O) groups excluding carboxylic acids is 1. The third kappa shape index (κ3) is 3.17. The Morgan fingerprint density at radius 1 is 1.24 bits per heavy atom. The summed E-state index contributed by atoms with van der Waals surface area (Å²) in [6.45, 7) is 6.07. The van der Waals surface area contributed by atoms with Gasteiger partial charge in [-0.2, -0.15) is 10.2 Å². The Morgan fingerprint density at radius 2 is 1.92 bits per heavy atom. The van der Waals surface area contributed by atoms with Gasteiger partial charge in [-0.1, -0.05) is 32.0 Å². The number of aromatic amines is 1. The van der Waals surface area contributed by atoms with Gasteiger partial charge in [0.05, 0.1) is 17.1 Å². The van der Waals surface area contributed by atoms with E-state index in [9.17, 15) is 9.59 Å². The van der Waals surface area contributed by atoms with Crippen molar-refractivity contribution in [2.75, 3.05) is 5.32 Å². The van der Waals surface area contributed by atoms with Crippen molar-refractivity contribution < 1.29 is 4.79 Å². The molecule has 1 amide bonds. The number of amides is 1. The van der Waals surface area contributed by atoms with Gasteiger partial charge in [-0.25, -0.2) is 9.78 Å². The van der Waals surface area contributed by atoms with Gasteiger partial charge < -0.3 is 5.32 Å². The monoisotopic (exact) mass is 339 g/mol. The Hall–Kier alpha value is -2.96. The van der Waals surface area contributed by atoms with Crippen LogP contribution in [-0.2, 0) is 0 Å². The summed E-state index contributed by atoms with van der Waals surface area (Å²) in [6, 6.07) is 8.97. The number of aryl methyl sites for hydroxylation is 1. The molecule has 3 aromatic rings. The van der Waals surface area contributed by atoms with Crippen LogP contribution in [0.25, 0.3) is 10.8 Å². The van der Waals surface area contributed by atoms with Crippen molar-refractivity contribution in [3.8, 4) is 0 Å². The van der Waals surface area contributed by atoms with E-state index in [0.717, 1.165) is 18.5 Å². The second-order valence-corrected chi connectivity index (χ2v) is 5.99. The first kappa shape index (κ1) is 16.9. The lowest BCUT2D eigenvalue weighted by atomic mass is 10.1. The molecule has 0 spiro atoms. The van der Waals surface area contributed by atoms with Gasteiger partial charge in [0.25, 0.3) is 11.5 Å².